The molecular weight excluding hydrogens is 123 g/mol. The number of hydrogen-bond donors (Lipinski definition) is 0. The van der Waals surface area contributed by atoms with Crippen molar-refractivity contribution in [2.75, 3.05) is 0 Å². The molecule has 0 aromatic carbocycles. The molecule has 0 aromatic rings. The Kier molecular flexibility index (Phi) is 2.64. The van der Waals surface area contributed by atoms with Gasteiger partial charge in [0.05, 0.1) is 0 Å². The Bertz CT molecular complexity index is 83.0. The van der Waals surface area contributed by atoms with Crippen LogP contribution in [0.3, 0.4) is 0 Å². The molecule has 1 rings (SSSR count). The molecule has 3 heteroatoms. The molecular formula is C5H7O2P. The molecule has 44 valence electrons. The van der Waals surface area contributed by atoms with Crippen LogP contribution < -0.4 is 0 Å². The van der Waals surface area contributed by atoms with E-state index in [2.05, 4.69) is 9.56 Å². The fourth-order valence-corrected chi connectivity index (χ4v) is 0.826. The average Bonchev–Trinajstić information content (AvgIpc) is 1.62. The third-order valence-electron chi connectivity index (χ3n) is 0.775. The van der Waals surface area contributed by atoms with E-state index in [-0.39, 0.29) is 0 Å². The molecule has 0 aliphatic carbocycles. The van der Waals surface area contributed by atoms with Crippen LogP contribution in [0.4, 0.5) is 0 Å². The van der Waals surface area contributed by atoms with Crippen molar-refractivity contribution in [2.45, 2.75) is 12.8 Å². The Hall–Kier alpha value is -0.330. The maximum Gasteiger partial charge on any atom is 0.126 e. The molecule has 0 radical (unpaired) electrons. The molecule has 0 atom stereocenters. The summed E-state index contributed by atoms with van der Waals surface area (Å²) in [4.78, 5) is 4.55. The monoisotopic (exact) mass is 130 g/mol. The SMILES string of the molecule is C1=COOP=CCC1. The first-order chi connectivity index (χ1) is 4.00. The molecule has 0 amide bonds. The maximum absolute atomic E-state index is 4.60. The lowest BCUT2D eigenvalue weighted by Gasteiger charge is -1.94. The van der Waals surface area contributed by atoms with Crippen LogP contribution in [-0.4, -0.2) is 5.80 Å². The van der Waals surface area contributed by atoms with Crippen molar-refractivity contribution >= 4 is 14.2 Å². The van der Waals surface area contributed by atoms with Gasteiger partial charge in [0, 0.05) is 0 Å². The Morgan fingerprint density at radius 2 is 2.38 bits per heavy atom. The Morgan fingerprint density at radius 3 is 3.38 bits per heavy atom. The van der Waals surface area contributed by atoms with Crippen LogP contribution >= 0.6 is 8.43 Å². The quantitative estimate of drug-likeness (QED) is 0.368. The first kappa shape index (κ1) is 5.80. The van der Waals surface area contributed by atoms with E-state index in [1.54, 1.807) is 6.26 Å². The lowest BCUT2D eigenvalue weighted by Crippen LogP contribution is -1.78. The third kappa shape index (κ3) is 2.10. The summed E-state index contributed by atoms with van der Waals surface area (Å²) in [6.45, 7) is 0. The molecule has 1 heterocycles. The fourth-order valence-electron chi connectivity index (χ4n) is 0.411. The molecule has 0 unspecified atom stereocenters. The largest absolute Gasteiger partial charge is 0.337 e. The van der Waals surface area contributed by atoms with E-state index in [0.29, 0.717) is 0 Å². The van der Waals surface area contributed by atoms with E-state index in [4.69, 9.17) is 0 Å². The zero-order valence-corrected chi connectivity index (χ0v) is 5.30. The van der Waals surface area contributed by atoms with Crippen molar-refractivity contribution in [3.63, 3.8) is 0 Å². The van der Waals surface area contributed by atoms with E-state index in [1.165, 1.54) is 0 Å². The number of rotatable bonds is 0. The van der Waals surface area contributed by atoms with E-state index in [1.807, 2.05) is 11.9 Å². The predicted octanol–water partition coefficient (Wildman–Crippen LogP) is 1.91. The Labute approximate surface area is 49.9 Å². The molecule has 0 saturated heterocycles. The van der Waals surface area contributed by atoms with E-state index in [0.717, 1.165) is 21.3 Å². The van der Waals surface area contributed by atoms with Crippen molar-refractivity contribution in [1.82, 2.24) is 0 Å². The van der Waals surface area contributed by atoms with Crippen molar-refractivity contribution in [2.24, 2.45) is 0 Å². The van der Waals surface area contributed by atoms with Crippen molar-refractivity contribution in [3.8, 4) is 0 Å². The molecule has 0 spiro atoms. The molecule has 0 bridgehead atoms. The first-order valence-electron chi connectivity index (χ1n) is 2.49. The van der Waals surface area contributed by atoms with Gasteiger partial charge in [0.1, 0.15) is 14.7 Å². The van der Waals surface area contributed by atoms with Crippen LogP contribution in [0, 0.1) is 0 Å². The maximum atomic E-state index is 4.60. The second kappa shape index (κ2) is 3.65. The van der Waals surface area contributed by atoms with Crippen molar-refractivity contribution in [3.05, 3.63) is 12.3 Å². The summed E-state index contributed by atoms with van der Waals surface area (Å²) in [5.74, 6) is 2.02. The second-order valence-electron chi connectivity index (χ2n) is 1.41. The van der Waals surface area contributed by atoms with Gasteiger partial charge in [0.25, 0.3) is 0 Å². The smallest absolute Gasteiger partial charge is 0.126 e. The highest BCUT2D eigenvalue weighted by molar-refractivity contribution is 7.32. The number of allylic oxidation sites excluding steroid dienone is 1. The van der Waals surface area contributed by atoms with Crippen LogP contribution in [0.5, 0.6) is 0 Å². The standard InChI is InChI=1S/C5H7O2P/c1-2-4-6-7-8-5-3-1/h2,4-5H,1,3H2. The molecule has 2 nitrogen and oxygen atoms in total. The highest BCUT2D eigenvalue weighted by Gasteiger charge is 1.82. The first-order valence-corrected chi connectivity index (χ1v) is 3.37. The van der Waals surface area contributed by atoms with Crippen LogP contribution in [0.2, 0.25) is 0 Å². The second-order valence-corrected chi connectivity index (χ2v) is 2.13. The number of hydrogen-bond acceptors (Lipinski definition) is 2. The summed E-state index contributed by atoms with van der Waals surface area (Å²) in [5.41, 5.74) is 0. The van der Waals surface area contributed by atoms with Crippen molar-refractivity contribution in [1.29, 1.82) is 0 Å². The minimum Gasteiger partial charge on any atom is -0.337 e. The van der Waals surface area contributed by atoms with Gasteiger partial charge in [0.2, 0.25) is 0 Å². The van der Waals surface area contributed by atoms with Crippen LogP contribution in [0.1, 0.15) is 12.8 Å². The lowest BCUT2D eigenvalue weighted by atomic mass is 10.3. The van der Waals surface area contributed by atoms with E-state index < -0.39 is 0 Å². The van der Waals surface area contributed by atoms with Gasteiger partial charge in [-0.3, -0.25) is 0 Å². The molecule has 0 N–H and O–H groups in total. The lowest BCUT2D eigenvalue weighted by molar-refractivity contribution is -0.133. The predicted molar refractivity (Wildman–Crippen MR) is 33.5 cm³/mol. The minimum absolute atomic E-state index is 0.811. The molecule has 1 aliphatic rings. The zero-order chi connectivity index (χ0) is 5.66. The topological polar surface area (TPSA) is 18.5 Å². The summed E-state index contributed by atoms with van der Waals surface area (Å²) in [6, 6.07) is 0. The van der Waals surface area contributed by atoms with Crippen LogP contribution in [-0.2, 0) is 9.56 Å². The molecule has 8 heavy (non-hydrogen) atoms. The molecule has 0 saturated carbocycles. The molecule has 1 aliphatic heterocycles. The normalized spacial score (nSPS) is 21.0. The summed E-state index contributed by atoms with van der Waals surface area (Å²) in [7, 11) is 0.811. The molecule has 0 fully saturated rings. The zero-order valence-electron chi connectivity index (χ0n) is 4.41. The van der Waals surface area contributed by atoms with Crippen molar-refractivity contribution < 1.29 is 9.56 Å². The summed E-state index contributed by atoms with van der Waals surface area (Å²) < 4.78 is 4.60. The Balaban J connectivity index is 2.29. The van der Waals surface area contributed by atoms with Gasteiger partial charge < -0.3 is 4.89 Å². The van der Waals surface area contributed by atoms with Crippen LogP contribution in [0.15, 0.2) is 12.3 Å². The van der Waals surface area contributed by atoms with Gasteiger partial charge in [-0.25, -0.2) is 0 Å². The van der Waals surface area contributed by atoms with Gasteiger partial charge in [-0.15, -0.1) is 4.67 Å². The van der Waals surface area contributed by atoms with Gasteiger partial charge in [-0.1, -0.05) is 0 Å². The van der Waals surface area contributed by atoms with Crippen LogP contribution in [0.25, 0.3) is 0 Å². The summed E-state index contributed by atoms with van der Waals surface area (Å²) in [5, 5.41) is 0. The Morgan fingerprint density at radius 1 is 1.38 bits per heavy atom. The van der Waals surface area contributed by atoms with Gasteiger partial charge >= 0.3 is 0 Å². The average molecular weight is 130 g/mol. The minimum atomic E-state index is 0.811. The highest BCUT2D eigenvalue weighted by atomic mass is 31.1. The summed E-state index contributed by atoms with van der Waals surface area (Å²) >= 11 is 0. The van der Waals surface area contributed by atoms with E-state index >= 15 is 0 Å². The van der Waals surface area contributed by atoms with Gasteiger partial charge in [-0.2, -0.15) is 0 Å². The fraction of sp³-hybridized carbons (Fsp3) is 0.400. The molecule has 0 aromatic heterocycles. The highest BCUT2D eigenvalue weighted by Crippen LogP contribution is 2.04. The van der Waals surface area contributed by atoms with Gasteiger partial charge in [0.15, 0.2) is 0 Å². The third-order valence-corrected chi connectivity index (χ3v) is 1.35. The van der Waals surface area contributed by atoms with E-state index in [9.17, 15) is 0 Å². The van der Waals surface area contributed by atoms with Gasteiger partial charge in [-0.05, 0) is 24.7 Å². The summed E-state index contributed by atoms with van der Waals surface area (Å²) in [6.07, 6.45) is 5.63.